The summed E-state index contributed by atoms with van der Waals surface area (Å²) < 4.78 is 4.96. The number of rotatable bonds is 3. The molecule has 27 heavy (non-hydrogen) atoms. The van der Waals surface area contributed by atoms with Gasteiger partial charge in [-0.05, 0) is 29.2 Å². The van der Waals surface area contributed by atoms with Crippen LogP contribution in [0.2, 0.25) is 0 Å². The second kappa shape index (κ2) is 5.78. The van der Waals surface area contributed by atoms with Crippen molar-refractivity contribution in [1.29, 1.82) is 0 Å². The maximum atomic E-state index is 13.2. The third kappa shape index (κ3) is 2.08. The van der Waals surface area contributed by atoms with Crippen LogP contribution in [0.4, 0.5) is 0 Å². The first-order valence-electron chi connectivity index (χ1n) is 9.32. The van der Waals surface area contributed by atoms with Gasteiger partial charge in [-0.25, -0.2) is 0 Å². The number of carbonyl (C=O) groups is 3. The summed E-state index contributed by atoms with van der Waals surface area (Å²) in [6, 6.07) is 16.2. The summed E-state index contributed by atoms with van der Waals surface area (Å²) in [5.74, 6) is -2.22. The highest BCUT2D eigenvalue weighted by atomic mass is 16.5. The van der Waals surface area contributed by atoms with Crippen molar-refractivity contribution < 1.29 is 19.1 Å². The Labute approximate surface area is 156 Å². The predicted octanol–water partition coefficient (Wildman–Crippen LogP) is 2.44. The van der Waals surface area contributed by atoms with E-state index in [-0.39, 0.29) is 36.8 Å². The third-order valence-corrected chi connectivity index (χ3v) is 6.13. The van der Waals surface area contributed by atoms with E-state index >= 15 is 0 Å². The lowest BCUT2D eigenvalue weighted by molar-refractivity contribution is -0.152. The summed E-state index contributed by atoms with van der Waals surface area (Å²) in [5.41, 5.74) is 4.51. The summed E-state index contributed by atoms with van der Waals surface area (Å²) >= 11 is 0. The Morgan fingerprint density at radius 1 is 0.852 bits per heavy atom. The van der Waals surface area contributed by atoms with Crippen LogP contribution in [0.3, 0.4) is 0 Å². The van der Waals surface area contributed by atoms with Crippen LogP contribution in [0, 0.1) is 11.8 Å². The van der Waals surface area contributed by atoms with Crippen LogP contribution in [0.25, 0.3) is 0 Å². The van der Waals surface area contributed by atoms with Crippen LogP contribution in [0.5, 0.6) is 0 Å². The molecule has 2 aromatic carbocycles. The van der Waals surface area contributed by atoms with Crippen LogP contribution >= 0.6 is 0 Å². The van der Waals surface area contributed by atoms with Gasteiger partial charge in [0.25, 0.3) is 0 Å². The van der Waals surface area contributed by atoms with Crippen molar-refractivity contribution in [2.45, 2.75) is 18.8 Å². The minimum atomic E-state index is -0.541. The minimum absolute atomic E-state index is 0.143. The summed E-state index contributed by atoms with van der Waals surface area (Å²) in [5, 5.41) is 0. The van der Waals surface area contributed by atoms with Gasteiger partial charge in [0.1, 0.15) is 6.54 Å². The Balaban J connectivity index is 1.64. The zero-order valence-electron chi connectivity index (χ0n) is 14.9. The van der Waals surface area contributed by atoms with Crippen molar-refractivity contribution in [3.05, 3.63) is 70.8 Å². The fourth-order valence-corrected chi connectivity index (χ4v) is 5.23. The van der Waals surface area contributed by atoms with Crippen LogP contribution < -0.4 is 0 Å². The fraction of sp³-hybridized carbons (Fsp3) is 0.318. The van der Waals surface area contributed by atoms with E-state index in [1.165, 1.54) is 0 Å². The van der Waals surface area contributed by atoms with E-state index in [9.17, 15) is 14.4 Å². The topological polar surface area (TPSA) is 63.7 Å². The first kappa shape index (κ1) is 16.2. The molecule has 0 spiro atoms. The molecule has 1 heterocycles. The molecule has 0 unspecified atom stereocenters. The van der Waals surface area contributed by atoms with Crippen molar-refractivity contribution in [3.8, 4) is 0 Å². The molecular weight excluding hydrogens is 342 g/mol. The van der Waals surface area contributed by atoms with E-state index in [1.807, 2.05) is 24.3 Å². The molecule has 136 valence electrons. The van der Waals surface area contributed by atoms with Gasteiger partial charge in [0.05, 0.1) is 18.4 Å². The normalized spacial score (nSPS) is 27.2. The molecule has 5 heteroatoms. The average Bonchev–Trinajstić information content (AvgIpc) is 2.94. The number of hydrogen-bond acceptors (Lipinski definition) is 4. The molecule has 2 aromatic rings. The average molecular weight is 361 g/mol. The molecule has 2 bridgehead atoms. The number of ether oxygens (including phenoxy) is 1. The van der Waals surface area contributed by atoms with Crippen molar-refractivity contribution in [1.82, 2.24) is 4.90 Å². The Hall–Kier alpha value is -2.95. The van der Waals surface area contributed by atoms with E-state index in [1.54, 1.807) is 6.92 Å². The molecule has 0 radical (unpaired) electrons. The van der Waals surface area contributed by atoms with Crippen molar-refractivity contribution in [2.75, 3.05) is 13.2 Å². The second-order valence-corrected chi connectivity index (χ2v) is 7.33. The van der Waals surface area contributed by atoms with Crippen LogP contribution in [-0.4, -0.2) is 35.8 Å². The summed E-state index contributed by atoms with van der Waals surface area (Å²) in [7, 11) is 0. The highest BCUT2D eigenvalue weighted by Crippen LogP contribution is 2.60. The molecule has 3 aliphatic carbocycles. The lowest BCUT2D eigenvalue weighted by Crippen LogP contribution is -2.41. The van der Waals surface area contributed by atoms with Gasteiger partial charge < -0.3 is 4.74 Å². The first-order chi connectivity index (χ1) is 13.1. The van der Waals surface area contributed by atoms with Crippen molar-refractivity contribution in [3.63, 3.8) is 0 Å². The number of nitrogens with zero attached hydrogens (tertiary/aromatic N) is 1. The van der Waals surface area contributed by atoms with Crippen LogP contribution in [-0.2, 0) is 19.1 Å². The Kier molecular flexibility index (Phi) is 3.47. The van der Waals surface area contributed by atoms with Crippen LogP contribution in [0.15, 0.2) is 48.5 Å². The molecule has 4 aliphatic rings. The Morgan fingerprint density at radius 2 is 1.26 bits per heavy atom. The van der Waals surface area contributed by atoms with Crippen molar-refractivity contribution >= 4 is 17.8 Å². The van der Waals surface area contributed by atoms with E-state index in [2.05, 4.69) is 24.3 Å². The summed E-state index contributed by atoms with van der Waals surface area (Å²) in [6.07, 6.45) is 0. The Morgan fingerprint density at radius 3 is 1.63 bits per heavy atom. The van der Waals surface area contributed by atoms with E-state index in [0.717, 1.165) is 27.2 Å². The predicted molar refractivity (Wildman–Crippen MR) is 96.9 cm³/mol. The number of esters is 1. The number of benzene rings is 2. The summed E-state index contributed by atoms with van der Waals surface area (Å²) in [6.45, 7) is 1.63. The van der Waals surface area contributed by atoms with Gasteiger partial charge in [-0.15, -0.1) is 0 Å². The smallest absolute Gasteiger partial charge is 0.326 e. The molecule has 6 rings (SSSR count). The Bertz CT molecular complexity index is 866. The van der Waals surface area contributed by atoms with Crippen LogP contribution in [0.1, 0.15) is 41.0 Å². The molecule has 1 fully saturated rings. The van der Waals surface area contributed by atoms with E-state index < -0.39 is 17.8 Å². The highest BCUT2D eigenvalue weighted by molar-refractivity contribution is 6.09. The molecule has 0 N–H and O–H groups in total. The number of amides is 2. The number of imide groups is 1. The zero-order valence-corrected chi connectivity index (χ0v) is 14.9. The largest absolute Gasteiger partial charge is 0.465 e. The zero-order chi connectivity index (χ0) is 18.7. The SMILES string of the molecule is CCOC(=O)CN1C(=O)[C@H]2C3c4ccccc4C(c4ccccc43)[C@@H]2C1=O. The number of carbonyl (C=O) groups excluding carboxylic acids is 3. The lowest BCUT2D eigenvalue weighted by Gasteiger charge is -2.45. The van der Waals surface area contributed by atoms with Gasteiger partial charge in [0.15, 0.2) is 0 Å². The third-order valence-electron chi connectivity index (χ3n) is 6.13. The maximum Gasteiger partial charge on any atom is 0.326 e. The molecule has 0 aromatic heterocycles. The molecule has 2 amide bonds. The quantitative estimate of drug-likeness (QED) is 0.622. The standard InChI is InChI=1S/C22H19NO4/c1-2-27-16(24)11-23-21(25)19-17-12-7-3-4-8-13(12)18(20(19)22(23)26)15-10-6-5-9-14(15)17/h3-10,17-20H,2,11H2,1H3/t17?,18?,19-,20-/m0/s1. The van der Waals surface area contributed by atoms with E-state index in [4.69, 9.17) is 4.74 Å². The highest BCUT2D eigenvalue weighted by Gasteiger charge is 2.61. The maximum absolute atomic E-state index is 13.2. The molecule has 1 saturated heterocycles. The van der Waals surface area contributed by atoms with Crippen molar-refractivity contribution in [2.24, 2.45) is 11.8 Å². The second-order valence-electron chi connectivity index (χ2n) is 7.33. The number of likely N-dealkylation sites (tertiary alicyclic amines) is 1. The van der Waals surface area contributed by atoms with Gasteiger partial charge >= 0.3 is 5.97 Å². The molecule has 0 saturated carbocycles. The van der Waals surface area contributed by atoms with Gasteiger partial charge in [0.2, 0.25) is 11.8 Å². The lowest BCUT2D eigenvalue weighted by atomic mass is 9.55. The molecule has 1 aliphatic heterocycles. The number of hydrogen-bond donors (Lipinski definition) is 0. The molecular formula is C22H19NO4. The fourth-order valence-electron chi connectivity index (χ4n) is 5.23. The van der Waals surface area contributed by atoms with Gasteiger partial charge in [-0.1, -0.05) is 48.5 Å². The van der Waals surface area contributed by atoms with E-state index in [0.29, 0.717) is 0 Å². The molecule has 2 atom stereocenters. The van der Waals surface area contributed by atoms with Gasteiger partial charge in [-0.3, -0.25) is 19.3 Å². The minimum Gasteiger partial charge on any atom is -0.465 e. The molecule has 5 nitrogen and oxygen atoms in total. The summed E-state index contributed by atoms with van der Waals surface area (Å²) in [4.78, 5) is 39.5. The van der Waals surface area contributed by atoms with Gasteiger partial charge in [0, 0.05) is 11.8 Å². The van der Waals surface area contributed by atoms with Gasteiger partial charge in [-0.2, -0.15) is 0 Å². The monoisotopic (exact) mass is 361 g/mol. The first-order valence-corrected chi connectivity index (χ1v) is 9.32.